The predicted octanol–water partition coefficient (Wildman–Crippen LogP) is 7.81. The molecular weight excluding hydrogens is 478 g/mol. The Morgan fingerprint density at radius 3 is 2.38 bits per heavy atom. The molecule has 0 saturated carbocycles. The van der Waals surface area contributed by atoms with Crippen LogP contribution in [0.4, 0.5) is 4.79 Å². The number of ether oxygens (including phenoxy) is 1. The van der Waals surface area contributed by atoms with E-state index >= 15 is 0 Å². The van der Waals surface area contributed by atoms with Gasteiger partial charge in [0.25, 0.3) is 11.1 Å². The molecule has 0 atom stereocenters. The van der Waals surface area contributed by atoms with Crippen LogP contribution in [0.3, 0.4) is 0 Å². The predicted molar refractivity (Wildman–Crippen MR) is 150 cm³/mol. The fourth-order valence-corrected chi connectivity index (χ4v) is 5.42. The number of rotatable bonds is 6. The van der Waals surface area contributed by atoms with Gasteiger partial charge in [0.15, 0.2) is 0 Å². The van der Waals surface area contributed by atoms with E-state index in [1.807, 2.05) is 84.9 Å². The summed E-state index contributed by atoms with van der Waals surface area (Å²) in [5.41, 5.74) is 2.84. The lowest BCUT2D eigenvalue weighted by Gasteiger charge is -2.13. The number of carbonyl (C=O) groups excluding carboxylic acids is 2. The average Bonchev–Trinajstić information content (AvgIpc) is 3.19. The summed E-state index contributed by atoms with van der Waals surface area (Å²) in [5, 5.41) is 4.30. The molecule has 0 aliphatic carbocycles. The van der Waals surface area contributed by atoms with Gasteiger partial charge in [-0.15, -0.1) is 0 Å². The first-order valence-corrected chi connectivity index (χ1v) is 12.9. The molecule has 0 unspecified atom stereocenters. The van der Waals surface area contributed by atoms with Crippen LogP contribution in [0.25, 0.3) is 27.6 Å². The molecule has 1 saturated heterocycles. The Labute approximate surface area is 219 Å². The van der Waals surface area contributed by atoms with E-state index in [9.17, 15) is 9.59 Å². The van der Waals surface area contributed by atoms with E-state index in [1.54, 1.807) is 6.08 Å². The van der Waals surface area contributed by atoms with Crippen molar-refractivity contribution < 1.29 is 14.3 Å². The molecule has 1 fully saturated rings. The highest BCUT2D eigenvalue weighted by Gasteiger charge is 2.35. The van der Waals surface area contributed by atoms with Crippen LogP contribution in [0.5, 0.6) is 5.75 Å². The lowest BCUT2D eigenvalue weighted by Crippen LogP contribution is -2.27. The molecule has 1 aliphatic rings. The Hall–Kier alpha value is -4.35. The van der Waals surface area contributed by atoms with Crippen LogP contribution in [-0.4, -0.2) is 16.0 Å². The summed E-state index contributed by atoms with van der Waals surface area (Å²) in [6, 6.07) is 36.1. The third-order valence-corrected chi connectivity index (χ3v) is 7.37. The number of fused-ring (bicyclic) bond motifs is 2. The summed E-state index contributed by atoms with van der Waals surface area (Å²) in [6.07, 6.45) is 1.76. The van der Waals surface area contributed by atoms with E-state index in [1.165, 1.54) is 15.7 Å². The van der Waals surface area contributed by atoms with Crippen molar-refractivity contribution in [2.75, 3.05) is 0 Å². The summed E-state index contributed by atoms with van der Waals surface area (Å²) in [6.45, 7) is 0.689. The van der Waals surface area contributed by atoms with Crippen LogP contribution >= 0.6 is 11.8 Å². The quantitative estimate of drug-likeness (QED) is 0.223. The molecule has 37 heavy (non-hydrogen) atoms. The second kappa shape index (κ2) is 9.96. The lowest BCUT2D eigenvalue weighted by atomic mass is 10.1. The van der Waals surface area contributed by atoms with E-state index in [0.717, 1.165) is 39.2 Å². The fourth-order valence-electron chi connectivity index (χ4n) is 4.58. The van der Waals surface area contributed by atoms with Gasteiger partial charge in [0.05, 0.1) is 11.4 Å². The molecule has 0 N–H and O–H groups in total. The number of thioether (sulfide) groups is 1. The van der Waals surface area contributed by atoms with Crippen molar-refractivity contribution in [1.82, 2.24) is 4.90 Å². The fraction of sp³-hybridized carbons (Fsp3) is 0.0625. The van der Waals surface area contributed by atoms with E-state index in [-0.39, 0.29) is 17.7 Å². The number of benzene rings is 5. The second-order valence-corrected chi connectivity index (χ2v) is 9.94. The van der Waals surface area contributed by atoms with Gasteiger partial charge in [-0.2, -0.15) is 0 Å². The molecule has 5 aromatic rings. The van der Waals surface area contributed by atoms with Crippen molar-refractivity contribution in [3.8, 4) is 5.75 Å². The number of imide groups is 1. The zero-order valence-corrected chi connectivity index (χ0v) is 20.8. The van der Waals surface area contributed by atoms with Gasteiger partial charge in [0.2, 0.25) is 0 Å². The molecule has 5 aromatic carbocycles. The molecular formula is C32H23NO3S. The molecule has 4 nitrogen and oxygen atoms in total. The van der Waals surface area contributed by atoms with Crippen LogP contribution in [-0.2, 0) is 17.9 Å². The first-order chi connectivity index (χ1) is 18.1. The molecule has 0 bridgehead atoms. The van der Waals surface area contributed by atoms with Crippen molar-refractivity contribution in [3.63, 3.8) is 0 Å². The first-order valence-electron chi connectivity index (χ1n) is 12.1. The molecule has 2 amide bonds. The Kier molecular flexibility index (Phi) is 6.21. The SMILES string of the molecule is O=C1S/C(=C\c2cccc(OCc3cccc4ccccc34)c2)C(=O)N1Cc1ccc2ccccc2c1. The van der Waals surface area contributed by atoms with Gasteiger partial charge in [-0.3, -0.25) is 14.5 Å². The topological polar surface area (TPSA) is 46.6 Å². The molecule has 180 valence electrons. The van der Waals surface area contributed by atoms with Gasteiger partial charge in [-0.1, -0.05) is 91.0 Å². The summed E-state index contributed by atoms with van der Waals surface area (Å²) >= 11 is 0.975. The van der Waals surface area contributed by atoms with Gasteiger partial charge < -0.3 is 4.74 Å². The minimum atomic E-state index is -0.273. The Morgan fingerprint density at radius 2 is 1.49 bits per heavy atom. The standard InChI is InChI=1S/C32H23NO3S/c34-31-30(37-32(35)33(31)20-23-15-16-24-8-1-2-10-26(24)17-23)19-22-7-5-13-28(18-22)36-21-27-12-6-11-25-9-3-4-14-29(25)27/h1-19H,20-21H2/b30-19-. The van der Waals surface area contributed by atoms with E-state index in [0.29, 0.717) is 17.3 Å². The van der Waals surface area contributed by atoms with Crippen molar-refractivity contribution in [2.45, 2.75) is 13.2 Å². The number of amides is 2. The Bertz CT molecular complexity index is 1690. The highest BCUT2D eigenvalue weighted by molar-refractivity contribution is 8.18. The number of hydrogen-bond donors (Lipinski definition) is 0. The summed E-state index contributed by atoms with van der Waals surface area (Å²) in [5.74, 6) is 0.433. The third-order valence-electron chi connectivity index (χ3n) is 6.46. The van der Waals surface area contributed by atoms with E-state index in [4.69, 9.17) is 4.74 Å². The van der Waals surface area contributed by atoms with Crippen molar-refractivity contribution >= 4 is 50.5 Å². The highest BCUT2D eigenvalue weighted by Crippen LogP contribution is 2.34. The summed E-state index contributed by atoms with van der Waals surface area (Å²) in [4.78, 5) is 27.5. The van der Waals surface area contributed by atoms with Gasteiger partial charge in [-0.05, 0) is 74.3 Å². The maximum atomic E-state index is 13.1. The Balaban J connectivity index is 1.17. The smallest absolute Gasteiger partial charge is 0.293 e. The largest absolute Gasteiger partial charge is 0.489 e. The van der Waals surface area contributed by atoms with Crippen LogP contribution in [0.15, 0.2) is 114 Å². The number of nitrogens with zero attached hydrogens (tertiary/aromatic N) is 1. The lowest BCUT2D eigenvalue weighted by molar-refractivity contribution is -0.123. The maximum Gasteiger partial charge on any atom is 0.293 e. The zero-order valence-electron chi connectivity index (χ0n) is 20.0. The molecule has 1 heterocycles. The minimum Gasteiger partial charge on any atom is -0.489 e. The molecule has 6 rings (SSSR count). The van der Waals surface area contributed by atoms with Crippen LogP contribution in [0.2, 0.25) is 0 Å². The third kappa shape index (κ3) is 4.86. The van der Waals surface area contributed by atoms with Crippen LogP contribution in [0, 0.1) is 0 Å². The van der Waals surface area contributed by atoms with E-state index < -0.39 is 0 Å². The molecule has 0 spiro atoms. The van der Waals surface area contributed by atoms with Gasteiger partial charge >= 0.3 is 0 Å². The van der Waals surface area contributed by atoms with E-state index in [2.05, 4.69) is 24.3 Å². The zero-order chi connectivity index (χ0) is 25.2. The maximum absolute atomic E-state index is 13.1. The van der Waals surface area contributed by atoms with Gasteiger partial charge in [-0.25, -0.2) is 0 Å². The van der Waals surface area contributed by atoms with Crippen molar-refractivity contribution in [2.24, 2.45) is 0 Å². The number of carbonyl (C=O) groups is 2. The normalized spacial score (nSPS) is 14.7. The minimum absolute atomic E-state index is 0.251. The van der Waals surface area contributed by atoms with Crippen LogP contribution < -0.4 is 4.74 Å². The molecule has 0 radical (unpaired) electrons. The second-order valence-electron chi connectivity index (χ2n) is 8.95. The first kappa shape index (κ1) is 23.1. The average molecular weight is 502 g/mol. The number of hydrogen-bond acceptors (Lipinski definition) is 4. The molecule has 1 aliphatic heterocycles. The van der Waals surface area contributed by atoms with Crippen molar-refractivity contribution in [3.05, 3.63) is 131 Å². The van der Waals surface area contributed by atoms with Gasteiger partial charge in [0, 0.05) is 0 Å². The summed E-state index contributed by atoms with van der Waals surface area (Å²) in [7, 11) is 0. The Morgan fingerprint density at radius 1 is 0.730 bits per heavy atom. The van der Waals surface area contributed by atoms with Crippen LogP contribution in [0.1, 0.15) is 16.7 Å². The monoisotopic (exact) mass is 501 g/mol. The summed E-state index contributed by atoms with van der Waals surface area (Å²) < 4.78 is 6.09. The van der Waals surface area contributed by atoms with Crippen molar-refractivity contribution in [1.29, 1.82) is 0 Å². The highest BCUT2D eigenvalue weighted by atomic mass is 32.2. The molecule has 0 aromatic heterocycles. The van der Waals surface area contributed by atoms with Gasteiger partial charge in [0.1, 0.15) is 12.4 Å². The molecule has 5 heteroatoms.